The standard InChI is InChI=1S/C12H12O4/c1-12(2,15)10-6-8-5-7(11(13)14)3-4-9(8)16-10/h3-6,15H,1-2H3,(H,13,14). The van der Waals surface area contributed by atoms with Crippen LogP contribution >= 0.6 is 0 Å². The summed E-state index contributed by atoms with van der Waals surface area (Å²) in [4.78, 5) is 10.8. The first-order valence-electron chi connectivity index (χ1n) is 4.87. The normalized spacial score (nSPS) is 11.9. The van der Waals surface area contributed by atoms with E-state index in [1.807, 2.05) is 0 Å². The second-order valence-electron chi connectivity index (χ2n) is 4.23. The molecule has 2 aromatic rings. The highest BCUT2D eigenvalue weighted by molar-refractivity contribution is 5.93. The Labute approximate surface area is 92.1 Å². The maximum Gasteiger partial charge on any atom is 0.335 e. The van der Waals surface area contributed by atoms with Crippen LogP contribution in [-0.4, -0.2) is 16.2 Å². The highest BCUT2D eigenvalue weighted by Gasteiger charge is 2.21. The van der Waals surface area contributed by atoms with E-state index in [9.17, 15) is 9.90 Å². The maximum atomic E-state index is 10.8. The minimum absolute atomic E-state index is 0.204. The molecule has 0 fully saturated rings. The number of fused-ring (bicyclic) bond motifs is 1. The molecule has 0 aliphatic carbocycles. The predicted octanol–water partition coefficient (Wildman–Crippen LogP) is 2.36. The Bertz CT molecular complexity index is 546. The molecule has 0 amide bonds. The second kappa shape index (κ2) is 3.35. The van der Waals surface area contributed by atoms with Crippen molar-refractivity contribution in [2.75, 3.05) is 0 Å². The zero-order chi connectivity index (χ0) is 11.9. The van der Waals surface area contributed by atoms with Crippen molar-refractivity contribution >= 4 is 16.9 Å². The Morgan fingerprint density at radius 3 is 2.56 bits per heavy atom. The van der Waals surface area contributed by atoms with Gasteiger partial charge in [0.15, 0.2) is 0 Å². The van der Waals surface area contributed by atoms with Crippen molar-refractivity contribution < 1.29 is 19.4 Å². The first kappa shape index (κ1) is 10.7. The van der Waals surface area contributed by atoms with E-state index in [2.05, 4.69) is 0 Å². The third-order valence-corrected chi connectivity index (χ3v) is 2.37. The van der Waals surface area contributed by atoms with Crippen molar-refractivity contribution in [2.24, 2.45) is 0 Å². The van der Waals surface area contributed by atoms with Gasteiger partial charge in [0, 0.05) is 5.39 Å². The third-order valence-electron chi connectivity index (χ3n) is 2.37. The van der Waals surface area contributed by atoms with E-state index in [0.29, 0.717) is 16.7 Å². The SMILES string of the molecule is CC(C)(O)c1cc2cc(C(=O)O)ccc2o1. The molecule has 0 bridgehead atoms. The average molecular weight is 220 g/mol. The minimum Gasteiger partial charge on any atom is -0.478 e. The van der Waals surface area contributed by atoms with Gasteiger partial charge in [-0.25, -0.2) is 4.79 Å². The molecule has 2 N–H and O–H groups in total. The Kier molecular flexibility index (Phi) is 2.24. The molecular weight excluding hydrogens is 208 g/mol. The highest BCUT2D eigenvalue weighted by atomic mass is 16.4. The Morgan fingerprint density at radius 1 is 1.31 bits per heavy atom. The molecule has 1 heterocycles. The number of hydrogen-bond donors (Lipinski definition) is 2. The first-order chi connectivity index (χ1) is 7.38. The van der Waals surface area contributed by atoms with Crippen LogP contribution in [0.5, 0.6) is 0 Å². The molecule has 0 radical (unpaired) electrons. The fraction of sp³-hybridized carbons (Fsp3) is 0.250. The van der Waals surface area contributed by atoms with Crippen molar-refractivity contribution in [1.29, 1.82) is 0 Å². The quantitative estimate of drug-likeness (QED) is 0.815. The minimum atomic E-state index is -1.07. The van der Waals surface area contributed by atoms with E-state index >= 15 is 0 Å². The lowest BCUT2D eigenvalue weighted by Crippen LogP contribution is -2.13. The van der Waals surface area contributed by atoms with E-state index < -0.39 is 11.6 Å². The van der Waals surface area contributed by atoms with Crippen LogP contribution in [-0.2, 0) is 5.60 Å². The molecule has 0 atom stereocenters. The lowest BCUT2D eigenvalue weighted by molar-refractivity contribution is 0.0558. The number of aromatic carboxylic acids is 1. The van der Waals surface area contributed by atoms with Crippen molar-refractivity contribution in [3.8, 4) is 0 Å². The van der Waals surface area contributed by atoms with Crippen molar-refractivity contribution in [3.63, 3.8) is 0 Å². The molecule has 4 nitrogen and oxygen atoms in total. The number of aliphatic hydroxyl groups is 1. The molecule has 0 saturated heterocycles. The van der Waals surface area contributed by atoms with E-state index in [0.717, 1.165) is 0 Å². The molecule has 0 spiro atoms. The van der Waals surface area contributed by atoms with Gasteiger partial charge in [0.1, 0.15) is 16.9 Å². The van der Waals surface area contributed by atoms with Crippen LogP contribution in [0.25, 0.3) is 11.0 Å². The van der Waals surface area contributed by atoms with Gasteiger partial charge in [-0.3, -0.25) is 0 Å². The lowest BCUT2D eigenvalue weighted by atomic mass is 10.1. The largest absolute Gasteiger partial charge is 0.478 e. The van der Waals surface area contributed by atoms with Crippen LogP contribution < -0.4 is 0 Å². The number of furan rings is 1. The zero-order valence-electron chi connectivity index (χ0n) is 9.02. The van der Waals surface area contributed by atoms with E-state index in [-0.39, 0.29) is 5.56 Å². The summed E-state index contributed by atoms with van der Waals surface area (Å²) in [5.74, 6) is -0.557. The number of hydrogen-bond acceptors (Lipinski definition) is 3. The molecule has 2 rings (SSSR count). The van der Waals surface area contributed by atoms with Gasteiger partial charge in [0.05, 0.1) is 5.56 Å². The average Bonchev–Trinajstić information content (AvgIpc) is 2.58. The van der Waals surface area contributed by atoms with E-state index in [1.54, 1.807) is 26.0 Å². The topological polar surface area (TPSA) is 70.7 Å². The van der Waals surface area contributed by atoms with Crippen LogP contribution in [0.15, 0.2) is 28.7 Å². The summed E-state index contributed by atoms with van der Waals surface area (Å²) in [6.45, 7) is 3.23. The van der Waals surface area contributed by atoms with Crippen LogP contribution in [0.1, 0.15) is 30.0 Å². The van der Waals surface area contributed by atoms with Gasteiger partial charge in [-0.1, -0.05) is 0 Å². The molecule has 0 saturated carbocycles. The van der Waals surface area contributed by atoms with Gasteiger partial charge >= 0.3 is 5.97 Å². The molecule has 1 aromatic heterocycles. The summed E-state index contributed by atoms with van der Waals surface area (Å²) in [5, 5.41) is 19.3. The molecule has 1 aromatic carbocycles. The molecule has 4 heteroatoms. The number of carboxylic acid groups (broad SMARTS) is 1. The number of rotatable bonds is 2. The predicted molar refractivity (Wildman–Crippen MR) is 58.4 cm³/mol. The lowest BCUT2D eigenvalue weighted by Gasteiger charge is -2.12. The summed E-state index contributed by atoms with van der Waals surface area (Å²) in [5.41, 5.74) is -0.291. The second-order valence-corrected chi connectivity index (χ2v) is 4.23. The van der Waals surface area contributed by atoms with Gasteiger partial charge in [0.2, 0.25) is 0 Å². The monoisotopic (exact) mass is 220 g/mol. The third kappa shape index (κ3) is 1.79. The summed E-state index contributed by atoms with van der Waals surface area (Å²) >= 11 is 0. The molecule has 0 aliphatic rings. The number of carboxylic acids is 1. The van der Waals surface area contributed by atoms with Crippen molar-refractivity contribution in [1.82, 2.24) is 0 Å². The molecule has 16 heavy (non-hydrogen) atoms. The molecule has 0 unspecified atom stereocenters. The summed E-state index contributed by atoms with van der Waals surface area (Å²) in [6.07, 6.45) is 0. The fourth-order valence-electron chi connectivity index (χ4n) is 1.48. The van der Waals surface area contributed by atoms with Crippen LogP contribution in [0.2, 0.25) is 0 Å². The van der Waals surface area contributed by atoms with Gasteiger partial charge in [-0.15, -0.1) is 0 Å². The Morgan fingerprint density at radius 2 is 2.00 bits per heavy atom. The highest BCUT2D eigenvalue weighted by Crippen LogP contribution is 2.28. The smallest absolute Gasteiger partial charge is 0.335 e. The van der Waals surface area contributed by atoms with Gasteiger partial charge in [-0.05, 0) is 38.1 Å². The van der Waals surface area contributed by atoms with Crippen molar-refractivity contribution in [2.45, 2.75) is 19.4 Å². The summed E-state index contributed by atoms with van der Waals surface area (Å²) in [6, 6.07) is 6.24. The first-order valence-corrected chi connectivity index (χ1v) is 4.87. The fourth-order valence-corrected chi connectivity index (χ4v) is 1.48. The summed E-state index contributed by atoms with van der Waals surface area (Å²) in [7, 11) is 0. The van der Waals surface area contributed by atoms with Crippen LogP contribution in [0.3, 0.4) is 0 Å². The van der Waals surface area contributed by atoms with Gasteiger partial charge < -0.3 is 14.6 Å². The number of carbonyl (C=O) groups is 1. The Balaban J connectivity index is 2.59. The van der Waals surface area contributed by atoms with Gasteiger partial charge in [0.25, 0.3) is 0 Å². The molecule has 0 aliphatic heterocycles. The van der Waals surface area contributed by atoms with E-state index in [4.69, 9.17) is 9.52 Å². The zero-order valence-corrected chi connectivity index (χ0v) is 9.02. The molecule has 84 valence electrons. The number of benzene rings is 1. The Hall–Kier alpha value is -1.81. The van der Waals surface area contributed by atoms with Crippen LogP contribution in [0, 0.1) is 0 Å². The van der Waals surface area contributed by atoms with E-state index in [1.165, 1.54) is 12.1 Å². The molecular formula is C12H12O4. The van der Waals surface area contributed by atoms with Gasteiger partial charge in [-0.2, -0.15) is 0 Å². The maximum absolute atomic E-state index is 10.8. The van der Waals surface area contributed by atoms with Crippen LogP contribution in [0.4, 0.5) is 0 Å². The summed E-state index contributed by atoms with van der Waals surface area (Å²) < 4.78 is 5.42. The van der Waals surface area contributed by atoms with Crippen molar-refractivity contribution in [3.05, 3.63) is 35.6 Å².